The molecule has 0 aliphatic carbocycles. The molecular weight excluding hydrogens is 364 g/mol. The second kappa shape index (κ2) is 7.29. The number of nitrogens with zero attached hydrogens (tertiary/aromatic N) is 4. The van der Waals surface area contributed by atoms with E-state index in [1.165, 1.54) is 0 Å². The molecule has 3 N–H and O–H groups in total. The highest BCUT2D eigenvalue weighted by atomic mass is 32.1. The maximum atomic E-state index is 9.14. The van der Waals surface area contributed by atoms with Crippen molar-refractivity contribution in [1.29, 1.82) is 0 Å². The molecule has 4 aromatic rings. The lowest BCUT2D eigenvalue weighted by Crippen LogP contribution is -2.11. The van der Waals surface area contributed by atoms with Crippen molar-refractivity contribution in [2.24, 2.45) is 0 Å². The third kappa shape index (κ3) is 3.74. The van der Waals surface area contributed by atoms with E-state index in [4.69, 9.17) is 9.52 Å². The average Bonchev–Trinajstić information content (AvgIpc) is 3.30. The summed E-state index contributed by atoms with van der Waals surface area (Å²) in [4.78, 5) is 8.76. The quantitative estimate of drug-likeness (QED) is 0.462. The predicted octanol–water partition coefficient (Wildman–Crippen LogP) is 3.80. The normalized spacial score (nSPS) is 11.3. The summed E-state index contributed by atoms with van der Waals surface area (Å²) in [5.74, 6) is 1.17. The van der Waals surface area contributed by atoms with Crippen molar-refractivity contribution in [3.8, 4) is 11.5 Å². The number of benzene rings is 1. The molecule has 0 aliphatic rings. The van der Waals surface area contributed by atoms with Crippen molar-refractivity contribution in [2.45, 2.75) is 26.5 Å². The molecule has 0 saturated heterocycles. The lowest BCUT2D eigenvalue weighted by molar-refractivity contribution is 0.241. The van der Waals surface area contributed by atoms with Crippen molar-refractivity contribution in [3.05, 3.63) is 41.9 Å². The molecule has 0 radical (unpaired) electrons. The highest BCUT2D eigenvalue weighted by Crippen LogP contribution is 2.31. The molecule has 0 spiro atoms. The second-order valence-corrected chi connectivity index (χ2v) is 7.12. The van der Waals surface area contributed by atoms with Gasteiger partial charge in [-0.05, 0) is 32.0 Å². The van der Waals surface area contributed by atoms with E-state index < -0.39 is 0 Å². The van der Waals surface area contributed by atoms with Crippen LogP contribution in [0.1, 0.15) is 19.7 Å². The van der Waals surface area contributed by atoms with Gasteiger partial charge < -0.3 is 20.2 Å². The Morgan fingerprint density at radius 2 is 2.07 bits per heavy atom. The van der Waals surface area contributed by atoms with E-state index in [0.29, 0.717) is 17.3 Å². The molecule has 0 atom stereocenters. The molecule has 0 bridgehead atoms. The Bertz CT molecular complexity index is 1070. The monoisotopic (exact) mass is 382 g/mol. The zero-order valence-corrected chi connectivity index (χ0v) is 15.6. The van der Waals surface area contributed by atoms with Crippen LogP contribution in [0.2, 0.25) is 0 Å². The van der Waals surface area contributed by atoms with Gasteiger partial charge in [-0.1, -0.05) is 0 Å². The van der Waals surface area contributed by atoms with E-state index >= 15 is 0 Å². The molecule has 0 aliphatic heterocycles. The van der Waals surface area contributed by atoms with Crippen LogP contribution in [-0.4, -0.2) is 31.3 Å². The lowest BCUT2D eigenvalue weighted by Gasteiger charge is -2.15. The van der Waals surface area contributed by atoms with Crippen LogP contribution in [0.15, 0.2) is 40.4 Å². The third-order valence-electron chi connectivity index (χ3n) is 3.78. The van der Waals surface area contributed by atoms with Crippen LogP contribution in [-0.2, 0) is 6.61 Å². The zero-order chi connectivity index (χ0) is 18.8. The van der Waals surface area contributed by atoms with Crippen molar-refractivity contribution in [2.75, 3.05) is 10.6 Å². The number of hydrogen-bond donors (Lipinski definition) is 3. The Kier molecular flexibility index (Phi) is 4.69. The molecule has 3 aromatic heterocycles. The number of thiazole rings is 1. The number of anilines is 3. The summed E-state index contributed by atoms with van der Waals surface area (Å²) in [5.41, 5.74) is 5.24. The van der Waals surface area contributed by atoms with E-state index in [1.54, 1.807) is 17.5 Å². The van der Waals surface area contributed by atoms with Gasteiger partial charge in [0.1, 0.15) is 12.4 Å². The molecule has 4 rings (SSSR count). The van der Waals surface area contributed by atoms with E-state index in [0.717, 1.165) is 21.6 Å². The summed E-state index contributed by atoms with van der Waals surface area (Å²) in [6.07, 6.45) is 1.67. The summed E-state index contributed by atoms with van der Waals surface area (Å²) in [6, 6.07) is 8.09. The topological polar surface area (TPSA) is 109 Å². The van der Waals surface area contributed by atoms with E-state index in [9.17, 15) is 0 Å². The highest BCUT2D eigenvalue weighted by molar-refractivity contribution is 7.16. The van der Waals surface area contributed by atoms with Gasteiger partial charge in [0.25, 0.3) is 5.89 Å². The van der Waals surface area contributed by atoms with Crippen molar-refractivity contribution >= 4 is 38.7 Å². The van der Waals surface area contributed by atoms with E-state index in [2.05, 4.69) is 30.8 Å². The first-order valence-electron chi connectivity index (χ1n) is 8.43. The van der Waals surface area contributed by atoms with E-state index in [-0.39, 0.29) is 18.5 Å². The van der Waals surface area contributed by atoms with Crippen molar-refractivity contribution in [1.82, 2.24) is 20.2 Å². The van der Waals surface area contributed by atoms with Crippen LogP contribution in [0.25, 0.3) is 21.7 Å². The molecule has 0 unspecified atom stereocenters. The van der Waals surface area contributed by atoms with Gasteiger partial charge in [0, 0.05) is 24.0 Å². The summed E-state index contributed by atoms with van der Waals surface area (Å²) in [6.45, 7) is 3.79. The second-order valence-electron chi connectivity index (χ2n) is 6.23. The highest BCUT2D eigenvalue weighted by Gasteiger charge is 2.15. The number of aliphatic hydroxyl groups is 1. The number of aliphatic hydroxyl groups excluding tert-OH is 1. The summed E-state index contributed by atoms with van der Waals surface area (Å²) in [7, 11) is 0. The molecule has 27 heavy (non-hydrogen) atoms. The van der Waals surface area contributed by atoms with Crippen molar-refractivity contribution in [3.63, 3.8) is 0 Å². The van der Waals surface area contributed by atoms with Gasteiger partial charge in [-0.3, -0.25) is 0 Å². The number of hydrogen-bond acceptors (Lipinski definition) is 9. The molecule has 0 fully saturated rings. The molecule has 8 nitrogen and oxygen atoms in total. The number of fused-ring (bicyclic) bond motifs is 1. The van der Waals surface area contributed by atoms with Crippen LogP contribution in [0.3, 0.4) is 0 Å². The lowest BCUT2D eigenvalue weighted by atomic mass is 10.2. The van der Waals surface area contributed by atoms with Gasteiger partial charge in [0.05, 0.1) is 27.0 Å². The van der Waals surface area contributed by atoms with Gasteiger partial charge in [-0.15, -0.1) is 21.5 Å². The van der Waals surface area contributed by atoms with Crippen molar-refractivity contribution < 1.29 is 9.52 Å². The van der Waals surface area contributed by atoms with Gasteiger partial charge >= 0.3 is 0 Å². The molecule has 0 saturated carbocycles. The summed E-state index contributed by atoms with van der Waals surface area (Å²) >= 11 is 1.60. The molecular formula is C18H18N6O2S. The maximum absolute atomic E-state index is 9.14. The molecule has 0 amide bonds. The molecule has 9 heteroatoms. The Labute approximate surface area is 159 Å². The van der Waals surface area contributed by atoms with Crippen LogP contribution in [0, 0.1) is 0 Å². The number of aromatic nitrogens is 4. The first kappa shape index (κ1) is 17.4. The number of nitrogens with one attached hydrogen (secondary N) is 2. The minimum Gasteiger partial charge on any atom is -0.418 e. The number of pyridine rings is 1. The first-order valence-corrected chi connectivity index (χ1v) is 9.31. The van der Waals surface area contributed by atoms with Crippen LogP contribution < -0.4 is 10.6 Å². The largest absolute Gasteiger partial charge is 0.418 e. The summed E-state index contributed by atoms with van der Waals surface area (Å²) < 4.78 is 6.57. The smallest absolute Gasteiger partial charge is 0.251 e. The minimum atomic E-state index is -0.299. The Morgan fingerprint density at radius 1 is 1.19 bits per heavy atom. The van der Waals surface area contributed by atoms with Gasteiger partial charge in [0.15, 0.2) is 0 Å². The standard InChI is InChI=1S/C18H18N6O2S/c1-10(2)21-14-6-16(19-7-12(14)18-24-23-17(8-25)26-18)22-11-3-4-13-15(5-11)27-9-20-13/h3-7,9-10,25H,8H2,1-2H3,(H2,19,21,22). The fourth-order valence-electron chi connectivity index (χ4n) is 2.63. The van der Waals surface area contributed by atoms with Gasteiger partial charge in [0.2, 0.25) is 5.89 Å². The fourth-order valence-corrected chi connectivity index (χ4v) is 3.35. The van der Waals surface area contributed by atoms with Crippen LogP contribution in [0.4, 0.5) is 17.2 Å². The average molecular weight is 382 g/mol. The van der Waals surface area contributed by atoms with Crippen LogP contribution >= 0.6 is 11.3 Å². The first-order chi connectivity index (χ1) is 13.1. The van der Waals surface area contributed by atoms with Gasteiger partial charge in [-0.2, -0.15) is 0 Å². The predicted molar refractivity (Wildman–Crippen MR) is 105 cm³/mol. The fraction of sp³-hybridized carbons (Fsp3) is 0.222. The molecule has 138 valence electrons. The Morgan fingerprint density at radius 3 is 2.85 bits per heavy atom. The number of rotatable bonds is 6. The molecule has 3 heterocycles. The SMILES string of the molecule is CC(C)Nc1cc(Nc2ccc3ncsc3c2)ncc1-c1nnc(CO)o1. The van der Waals surface area contributed by atoms with Crippen LogP contribution in [0.5, 0.6) is 0 Å². The Balaban J connectivity index is 1.66. The maximum Gasteiger partial charge on any atom is 0.251 e. The molecule has 1 aromatic carbocycles. The van der Waals surface area contributed by atoms with E-state index in [1.807, 2.05) is 43.6 Å². The third-order valence-corrected chi connectivity index (χ3v) is 4.58. The Hall–Kier alpha value is -3.04. The minimum absolute atomic E-state index is 0.167. The van der Waals surface area contributed by atoms with Gasteiger partial charge in [-0.25, -0.2) is 9.97 Å². The zero-order valence-electron chi connectivity index (χ0n) is 14.8. The summed E-state index contributed by atoms with van der Waals surface area (Å²) in [5, 5.41) is 23.6.